The van der Waals surface area contributed by atoms with E-state index >= 15 is 0 Å². The maximum absolute atomic E-state index is 12.6. The number of pyridine rings is 1. The molecule has 0 bridgehead atoms. The molecule has 0 aliphatic heterocycles. The third-order valence-electron chi connectivity index (χ3n) is 3.96. The molecule has 134 valence electrons. The maximum Gasteiger partial charge on any atom is 0.326 e. The van der Waals surface area contributed by atoms with E-state index in [1.807, 2.05) is 24.3 Å². The Morgan fingerprint density at radius 3 is 2.73 bits per heavy atom. The predicted octanol–water partition coefficient (Wildman–Crippen LogP) is 2.27. The number of benzene rings is 1. The second-order valence-corrected chi connectivity index (χ2v) is 5.81. The number of aromatic nitrogens is 3. The molecule has 0 aliphatic carbocycles. The number of fused-ring (bicyclic) bond motifs is 1. The minimum Gasteiger partial charge on any atom is -0.465 e. The fourth-order valence-electron chi connectivity index (χ4n) is 2.75. The average Bonchev–Trinajstić information content (AvgIpc) is 2.99. The summed E-state index contributed by atoms with van der Waals surface area (Å²) >= 11 is 0. The Bertz CT molecular complexity index is 921. The van der Waals surface area contributed by atoms with E-state index in [9.17, 15) is 9.59 Å². The summed E-state index contributed by atoms with van der Waals surface area (Å²) in [6, 6.07) is 11.0. The van der Waals surface area contributed by atoms with Crippen LogP contribution in [-0.2, 0) is 22.6 Å². The van der Waals surface area contributed by atoms with Gasteiger partial charge in [0.1, 0.15) is 12.4 Å². The van der Waals surface area contributed by atoms with Crippen LogP contribution in [0.2, 0.25) is 0 Å². The summed E-state index contributed by atoms with van der Waals surface area (Å²) in [6.07, 6.45) is 3.15. The molecule has 7 nitrogen and oxygen atoms in total. The van der Waals surface area contributed by atoms with Gasteiger partial charge >= 0.3 is 5.97 Å². The molecule has 1 amide bonds. The molecular weight excluding hydrogens is 332 g/mol. The Hall–Kier alpha value is -3.22. The highest BCUT2D eigenvalue weighted by molar-refractivity contribution is 5.93. The number of carbonyl (C=O) groups excluding carboxylic acids is 2. The Morgan fingerprint density at radius 1 is 1.19 bits per heavy atom. The van der Waals surface area contributed by atoms with Crippen LogP contribution in [0.1, 0.15) is 23.1 Å². The molecule has 0 saturated carbocycles. The summed E-state index contributed by atoms with van der Waals surface area (Å²) in [5.41, 5.74) is 2.11. The van der Waals surface area contributed by atoms with Crippen LogP contribution in [0.25, 0.3) is 11.0 Å². The number of ether oxygens (including phenoxy) is 1. The molecule has 0 radical (unpaired) electrons. The van der Waals surface area contributed by atoms with Crippen LogP contribution < -0.4 is 0 Å². The van der Waals surface area contributed by atoms with Crippen molar-refractivity contribution >= 4 is 22.9 Å². The summed E-state index contributed by atoms with van der Waals surface area (Å²) in [5.74, 6) is 0.130. The lowest BCUT2D eigenvalue weighted by Gasteiger charge is -2.17. The number of rotatable bonds is 6. The molecule has 2 aromatic heterocycles. The van der Waals surface area contributed by atoms with Crippen molar-refractivity contribution in [2.24, 2.45) is 0 Å². The minimum atomic E-state index is -0.335. The smallest absolute Gasteiger partial charge is 0.326 e. The van der Waals surface area contributed by atoms with Crippen molar-refractivity contribution in [1.29, 1.82) is 0 Å². The van der Waals surface area contributed by atoms with Crippen molar-refractivity contribution in [1.82, 2.24) is 19.4 Å². The lowest BCUT2D eigenvalue weighted by Crippen LogP contribution is -2.28. The molecule has 0 atom stereocenters. The Morgan fingerprint density at radius 2 is 2.00 bits per heavy atom. The van der Waals surface area contributed by atoms with E-state index in [0.29, 0.717) is 18.0 Å². The van der Waals surface area contributed by atoms with E-state index in [-0.39, 0.29) is 25.0 Å². The van der Waals surface area contributed by atoms with E-state index < -0.39 is 0 Å². The lowest BCUT2D eigenvalue weighted by atomic mass is 10.2. The number of amides is 1. The fraction of sp³-hybridized carbons (Fsp3) is 0.263. The van der Waals surface area contributed by atoms with E-state index in [4.69, 9.17) is 4.74 Å². The topological polar surface area (TPSA) is 77.3 Å². The number of hydrogen-bond donors (Lipinski definition) is 0. The van der Waals surface area contributed by atoms with Crippen LogP contribution in [-0.4, -0.2) is 45.0 Å². The van der Waals surface area contributed by atoms with Gasteiger partial charge in [0.15, 0.2) is 0 Å². The van der Waals surface area contributed by atoms with Gasteiger partial charge in [-0.05, 0) is 31.2 Å². The van der Waals surface area contributed by atoms with Gasteiger partial charge in [0.25, 0.3) is 5.91 Å². The van der Waals surface area contributed by atoms with Crippen molar-refractivity contribution in [2.75, 3.05) is 13.7 Å². The van der Waals surface area contributed by atoms with Gasteiger partial charge in [0.2, 0.25) is 0 Å². The summed E-state index contributed by atoms with van der Waals surface area (Å²) < 4.78 is 6.86. The number of para-hydroxylation sites is 2. The summed E-state index contributed by atoms with van der Waals surface area (Å²) in [6.45, 7) is 2.41. The van der Waals surface area contributed by atoms with Crippen LogP contribution in [0.15, 0.2) is 48.8 Å². The molecule has 0 aliphatic rings. The molecule has 26 heavy (non-hydrogen) atoms. The number of carbonyl (C=O) groups is 2. The first-order valence-corrected chi connectivity index (χ1v) is 8.35. The number of esters is 1. The van der Waals surface area contributed by atoms with Crippen molar-refractivity contribution in [2.45, 2.75) is 20.0 Å². The standard InChI is InChI=1S/C19H20N4O3/c1-3-26-18(24)13-23-16-9-5-4-8-15(16)21-17(23)12-22(2)19(25)14-7-6-10-20-11-14/h4-11H,3,12-13H2,1-2H3. The van der Waals surface area contributed by atoms with Crippen molar-refractivity contribution in [3.8, 4) is 0 Å². The van der Waals surface area contributed by atoms with Gasteiger partial charge < -0.3 is 14.2 Å². The number of nitrogens with zero attached hydrogens (tertiary/aromatic N) is 4. The molecule has 0 fully saturated rings. The molecule has 0 spiro atoms. The molecular formula is C19H20N4O3. The quantitative estimate of drug-likeness (QED) is 0.636. The van der Waals surface area contributed by atoms with Crippen LogP contribution in [0, 0.1) is 0 Å². The van der Waals surface area contributed by atoms with Crippen molar-refractivity contribution < 1.29 is 14.3 Å². The van der Waals surface area contributed by atoms with Crippen LogP contribution in [0.4, 0.5) is 0 Å². The summed E-state index contributed by atoms with van der Waals surface area (Å²) in [4.78, 5) is 34.7. The molecule has 0 N–H and O–H groups in total. The molecule has 2 heterocycles. The molecule has 3 rings (SSSR count). The van der Waals surface area contributed by atoms with Gasteiger partial charge in [-0.25, -0.2) is 4.98 Å². The molecule has 0 saturated heterocycles. The third kappa shape index (κ3) is 3.72. The molecule has 0 unspecified atom stereocenters. The average molecular weight is 352 g/mol. The zero-order valence-electron chi connectivity index (χ0n) is 14.8. The highest BCUT2D eigenvalue weighted by Crippen LogP contribution is 2.18. The van der Waals surface area contributed by atoms with Gasteiger partial charge in [-0.1, -0.05) is 12.1 Å². The molecule has 3 aromatic rings. The summed E-state index contributed by atoms with van der Waals surface area (Å²) in [5, 5.41) is 0. The Balaban J connectivity index is 1.89. The Kier molecular flexibility index (Phi) is 5.26. The third-order valence-corrected chi connectivity index (χ3v) is 3.96. The van der Waals surface area contributed by atoms with Crippen LogP contribution in [0.5, 0.6) is 0 Å². The maximum atomic E-state index is 12.6. The second kappa shape index (κ2) is 7.77. The summed E-state index contributed by atoms with van der Waals surface area (Å²) in [7, 11) is 1.70. The van der Waals surface area contributed by atoms with E-state index in [0.717, 1.165) is 11.0 Å². The minimum absolute atomic E-state index is 0.0542. The first-order valence-electron chi connectivity index (χ1n) is 8.35. The van der Waals surface area contributed by atoms with E-state index in [1.165, 1.54) is 6.20 Å². The monoisotopic (exact) mass is 352 g/mol. The van der Waals surface area contributed by atoms with Crippen molar-refractivity contribution in [3.05, 3.63) is 60.2 Å². The van der Waals surface area contributed by atoms with Gasteiger partial charge in [-0.3, -0.25) is 14.6 Å². The SMILES string of the molecule is CCOC(=O)Cn1c(CN(C)C(=O)c2cccnc2)nc2ccccc21. The normalized spacial score (nSPS) is 10.7. The predicted molar refractivity (Wildman–Crippen MR) is 96.4 cm³/mol. The Labute approximate surface area is 151 Å². The van der Waals surface area contributed by atoms with Crippen LogP contribution >= 0.6 is 0 Å². The van der Waals surface area contributed by atoms with E-state index in [1.54, 1.807) is 41.8 Å². The van der Waals surface area contributed by atoms with Crippen molar-refractivity contribution in [3.63, 3.8) is 0 Å². The van der Waals surface area contributed by atoms with Gasteiger partial charge in [0, 0.05) is 19.4 Å². The number of hydrogen-bond acceptors (Lipinski definition) is 5. The van der Waals surface area contributed by atoms with Gasteiger partial charge in [-0.15, -0.1) is 0 Å². The van der Waals surface area contributed by atoms with Gasteiger partial charge in [-0.2, -0.15) is 0 Å². The second-order valence-electron chi connectivity index (χ2n) is 5.81. The highest BCUT2D eigenvalue weighted by atomic mass is 16.5. The molecule has 1 aromatic carbocycles. The zero-order valence-corrected chi connectivity index (χ0v) is 14.8. The van der Waals surface area contributed by atoms with Gasteiger partial charge in [0.05, 0.1) is 29.7 Å². The lowest BCUT2D eigenvalue weighted by molar-refractivity contribution is -0.143. The van der Waals surface area contributed by atoms with Crippen LogP contribution in [0.3, 0.4) is 0 Å². The fourth-order valence-corrected chi connectivity index (χ4v) is 2.75. The number of imidazole rings is 1. The largest absolute Gasteiger partial charge is 0.465 e. The van der Waals surface area contributed by atoms with E-state index in [2.05, 4.69) is 9.97 Å². The zero-order chi connectivity index (χ0) is 18.5. The first kappa shape index (κ1) is 17.6. The first-order chi connectivity index (χ1) is 12.6. The molecule has 7 heteroatoms. The highest BCUT2D eigenvalue weighted by Gasteiger charge is 2.18.